The van der Waals surface area contributed by atoms with Gasteiger partial charge in [0.25, 0.3) is 0 Å². The number of aliphatic hydroxyl groups excluding tert-OH is 2. The number of benzene rings is 1. The molecule has 5 heteroatoms. The molecule has 2 aliphatic rings. The Kier molecular flexibility index (Phi) is 2.83. The summed E-state index contributed by atoms with van der Waals surface area (Å²) in [6.07, 6.45) is -0.263. The highest BCUT2D eigenvalue weighted by molar-refractivity contribution is 5.91. The van der Waals surface area contributed by atoms with Crippen LogP contribution in [0.15, 0.2) is 24.3 Å². The zero-order valence-corrected chi connectivity index (χ0v) is 10.4. The molecule has 0 radical (unpaired) electrons. The quantitative estimate of drug-likeness (QED) is 0.815. The first-order valence-electron chi connectivity index (χ1n) is 6.44. The van der Waals surface area contributed by atoms with E-state index in [0.717, 1.165) is 18.4 Å². The number of carbonyl (C=O) groups is 1. The van der Waals surface area contributed by atoms with E-state index < -0.39 is 17.6 Å². The molecule has 1 saturated carbocycles. The molecule has 0 unspecified atom stereocenters. The molecule has 3 rings (SSSR count). The van der Waals surface area contributed by atoms with Gasteiger partial charge in [-0.2, -0.15) is 0 Å². The number of β-amino-alcohol motifs (C(OH)–C–C–N with tert-alkyl or cyclic N) is 2. The van der Waals surface area contributed by atoms with Crippen LogP contribution in [0.2, 0.25) is 0 Å². The summed E-state index contributed by atoms with van der Waals surface area (Å²) in [5, 5.41) is 19.0. The first kappa shape index (κ1) is 12.6. The molecule has 1 saturated heterocycles. The fourth-order valence-electron chi connectivity index (χ4n) is 2.76. The van der Waals surface area contributed by atoms with Crippen LogP contribution in [0, 0.1) is 5.82 Å². The minimum atomic E-state index is -0.868. The smallest absolute Gasteiger partial charge is 0.233 e. The Hall–Kier alpha value is -1.46. The fourth-order valence-corrected chi connectivity index (χ4v) is 2.76. The Morgan fingerprint density at radius 3 is 2.16 bits per heavy atom. The predicted octanol–water partition coefficient (Wildman–Crippen LogP) is 0.421. The van der Waals surface area contributed by atoms with Crippen LogP contribution in [0.3, 0.4) is 0 Å². The van der Waals surface area contributed by atoms with Crippen LogP contribution < -0.4 is 0 Å². The van der Waals surface area contributed by atoms with Gasteiger partial charge in [0.2, 0.25) is 5.91 Å². The van der Waals surface area contributed by atoms with Crippen molar-refractivity contribution in [1.82, 2.24) is 4.90 Å². The normalized spacial score (nSPS) is 28.5. The van der Waals surface area contributed by atoms with Crippen molar-refractivity contribution in [1.29, 1.82) is 0 Å². The summed E-state index contributed by atoms with van der Waals surface area (Å²) in [5.74, 6) is -0.395. The Bertz CT molecular complexity index is 488. The number of amides is 1. The van der Waals surface area contributed by atoms with Crippen LogP contribution in [0.1, 0.15) is 18.4 Å². The molecular weight excluding hydrogens is 249 g/mol. The first-order valence-corrected chi connectivity index (χ1v) is 6.44. The van der Waals surface area contributed by atoms with Crippen LogP contribution in [-0.2, 0) is 10.2 Å². The number of likely N-dealkylation sites (tertiary alicyclic amines) is 1. The number of carbonyl (C=O) groups excluding carboxylic acids is 1. The third kappa shape index (κ3) is 2.03. The van der Waals surface area contributed by atoms with Crippen molar-refractivity contribution in [2.45, 2.75) is 30.5 Å². The standard InChI is InChI=1S/C14H16FNO3/c15-10-3-1-9(2-4-10)14(5-6-14)13(19)16-7-11(17)12(18)8-16/h1-4,11-12,17-18H,5-8H2/t11-,12+. The lowest BCUT2D eigenvalue weighted by molar-refractivity contribution is -0.133. The molecular formula is C14H16FNO3. The van der Waals surface area contributed by atoms with Gasteiger partial charge >= 0.3 is 0 Å². The van der Waals surface area contributed by atoms with Crippen molar-refractivity contribution in [3.63, 3.8) is 0 Å². The summed E-state index contributed by atoms with van der Waals surface area (Å²) in [7, 11) is 0. The molecule has 0 aromatic heterocycles. The fraction of sp³-hybridized carbons (Fsp3) is 0.500. The summed E-state index contributed by atoms with van der Waals surface area (Å²) >= 11 is 0. The van der Waals surface area contributed by atoms with Gasteiger partial charge in [-0.25, -0.2) is 4.39 Å². The molecule has 1 aliphatic heterocycles. The highest BCUT2D eigenvalue weighted by Crippen LogP contribution is 2.50. The third-order valence-electron chi connectivity index (χ3n) is 4.10. The van der Waals surface area contributed by atoms with Gasteiger partial charge < -0.3 is 15.1 Å². The van der Waals surface area contributed by atoms with Crippen molar-refractivity contribution in [2.75, 3.05) is 13.1 Å². The molecule has 2 atom stereocenters. The van der Waals surface area contributed by atoms with E-state index in [0.29, 0.717) is 0 Å². The summed E-state index contributed by atoms with van der Waals surface area (Å²) in [6.45, 7) is 0.339. The first-order chi connectivity index (χ1) is 9.03. The Morgan fingerprint density at radius 2 is 1.68 bits per heavy atom. The van der Waals surface area contributed by atoms with Crippen LogP contribution in [0.5, 0.6) is 0 Å². The van der Waals surface area contributed by atoms with Gasteiger partial charge in [-0.1, -0.05) is 12.1 Å². The minimum Gasteiger partial charge on any atom is -0.388 e. The highest BCUT2D eigenvalue weighted by Gasteiger charge is 2.54. The van der Waals surface area contributed by atoms with Gasteiger partial charge in [0.15, 0.2) is 0 Å². The molecule has 4 nitrogen and oxygen atoms in total. The number of hydrogen-bond acceptors (Lipinski definition) is 3. The van der Waals surface area contributed by atoms with Crippen LogP contribution >= 0.6 is 0 Å². The second-order valence-corrected chi connectivity index (χ2v) is 5.43. The monoisotopic (exact) mass is 265 g/mol. The highest BCUT2D eigenvalue weighted by atomic mass is 19.1. The van der Waals surface area contributed by atoms with Crippen molar-refractivity contribution in [3.05, 3.63) is 35.6 Å². The topological polar surface area (TPSA) is 60.8 Å². The average Bonchev–Trinajstić information content (AvgIpc) is 3.13. The average molecular weight is 265 g/mol. The van der Waals surface area contributed by atoms with Crippen LogP contribution in [-0.4, -0.2) is 46.3 Å². The Balaban J connectivity index is 1.81. The van der Waals surface area contributed by atoms with Crippen molar-refractivity contribution in [3.8, 4) is 0 Å². The maximum absolute atomic E-state index is 12.9. The van der Waals surface area contributed by atoms with E-state index >= 15 is 0 Å². The lowest BCUT2D eigenvalue weighted by atomic mass is 9.94. The SMILES string of the molecule is O=C(N1C[C@@H](O)[C@@H](O)C1)C1(c2ccc(F)cc2)CC1. The summed E-state index contributed by atoms with van der Waals surface area (Å²) < 4.78 is 12.9. The van der Waals surface area contributed by atoms with E-state index in [4.69, 9.17) is 0 Å². The Labute approximate surface area is 110 Å². The number of hydrogen-bond donors (Lipinski definition) is 2. The molecule has 0 bridgehead atoms. The van der Waals surface area contributed by atoms with Gasteiger partial charge in [-0.15, -0.1) is 0 Å². The van der Waals surface area contributed by atoms with Crippen molar-refractivity contribution in [2.24, 2.45) is 0 Å². The number of nitrogens with zero attached hydrogens (tertiary/aromatic N) is 1. The second-order valence-electron chi connectivity index (χ2n) is 5.43. The molecule has 1 aromatic carbocycles. The van der Waals surface area contributed by atoms with Gasteiger partial charge in [0.05, 0.1) is 17.6 Å². The molecule has 1 amide bonds. The summed E-state index contributed by atoms with van der Waals surface area (Å²) in [6, 6.07) is 6.00. The number of halogens is 1. The lowest BCUT2D eigenvalue weighted by Crippen LogP contribution is -2.38. The molecule has 19 heavy (non-hydrogen) atoms. The zero-order valence-electron chi connectivity index (χ0n) is 10.4. The van der Waals surface area contributed by atoms with Gasteiger partial charge in [0.1, 0.15) is 5.82 Å². The van der Waals surface area contributed by atoms with E-state index in [1.807, 2.05) is 0 Å². The van der Waals surface area contributed by atoms with Crippen molar-refractivity contribution >= 4 is 5.91 Å². The molecule has 102 valence electrons. The maximum Gasteiger partial charge on any atom is 0.233 e. The van der Waals surface area contributed by atoms with Crippen LogP contribution in [0.25, 0.3) is 0 Å². The third-order valence-corrected chi connectivity index (χ3v) is 4.10. The molecule has 1 aromatic rings. The molecule has 0 spiro atoms. The lowest BCUT2D eigenvalue weighted by Gasteiger charge is -2.23. The minimum absolute atomic E-state index is 0.0743. The predicted molar refractivity (Wildman–Crippen MR) is 65.9 cm³/mol. The number of rotatable bonds is 2. The van der Waals surface area contributed by atoms with Gasteiger partial charge in [-0.3, -0.25) is 4.79 Å². The summed E-state index contributed by atoms with van der Waals surface area (Å²) in [4.78, 5) is 14.0. The van der Waals surface area contributed by atoms with Crippen LogP contribution in [0.4, 0.5) is 4.39 Å². The van der Waals surface area contributed by atoms with Gasteiger partial charge in [0, 0.05) is 13.1 Å². The van der Waals surface area contributed by atoms with E-state index in [1.165, 1.54) is 17.0 Å². The van der Waals surface area contributed by atoms with Crippen molar-refractivity contribution < 1.29 is 19.4 Å². The van der Waals surface area contributed by atoms with E-state index in [1.54, 1.807) is 12.1 Å². The van der Waals surface area contributed by atoms with Gasteiger partial charge in [-0.05, 0) is 30.5 Å². The number of aliphatic hydroxyl groups is 2. The molecule has 2 fully saturated rings. The molecule has 2 N–H and O–H groups in total. The van der Waals surface area contributed by atoms with E-state index in [9.17, 15) is 19.4 Å². The largest absolute Gasteiger partial charge is 0.388 e. The molecule has 1 aliphatic carbocycles. The zero-order chi connectivity index (χ0) is 13.6. The van der Waals surface area contributed by atoms with E-state index in [2.05, 4.69) is 0 Å². The maximum atomic E-state index is 12.9. The molecule has 1 heterocycles. The second kappa shape index (κ2) is 4.28. The van der Waals surface area contributed by atoms with E-state index in [-0.39, 0.29) is 24.8 Å². The Morgan fingerprint density at radius 1 is 1.16 bits per heavy atom. The summed E-state index contributed by atoms with van der Waals surface area (Å²) in [5.41, 5.74) is 0.243.